The molecule has 14 nitrogen and oxygen atoms in total. The molecule has 0 saturated carbocycles. The van der Waals surface area contributed by atoms with E-state index in [9.17, 15) is 24.9 Å². The Kier molecular flexibility index (Phi) is 11.4. The van der Waals surface area contributed by atoms with E-state index in [2.05, 4.69) is 26.8 Å². The van der Waals surface area contributed by atoms with Crippen molar-refractivity contribution in [3.63, 3.8) is 0 Å². The molecule has 1 unspecified atom stereocenters. The molecule has 0 aliphatic carbocycles. The molecule has 18 atom stereocenters. The van der Waals surface area contributed by atoms with E-state index in [1.807, 2.05) is 19.1 Å². The predicted octanol–water partition coefficient (Wildman–Crippen LogP) is 5.01. The summed E-state index contributed by atoms with van der Waals surface area (Å²) in [5, 5.41) is 34.3. The summed E-state index contributed by atoms with van der Waals surface area (Å²) >= 11 is 0. The summed E-state index contributed by atoms with van der Waals surface area (Å²) in [6, 6.07) is 0. The average Bonchev–Trinajstić information content (AvgIpc) is 4.01. The Morgan fingerprint density at radius 2 is 1.57 bits per heavy atom. The second-order valence-electron chi connectivity index (χ2n) is 20.7. The maximum atomic E-state index is 14.0. The first-order chi connectivity index (χ1) is 28.3. The van der Waals surface area contributed by atoms with Crippen molar-refractivity contribution in [1.82, 2.24) is 0 Å². The molecule has 10 bridgehead atoms. The van der Waals surface area contributed by atoms with E-state index in [1.165, 1.54) is 0 Å². The van der Waals surface area contributed by atoms with Gasteiger partial charge < -0.3 is 58.0 Å². The molecule has 3 N–H and O–H groups in total. The van der Waals surface area contributed by atoms with Crippen molar-refractivity contribution in [2.75, 3.05) is 6.61 Å². The number of ketones is 1. The second-order valence-corrected chi connectivity index (χ2v) is 20.7. The number of aliphatic hydroxyl groups is 3. The van der Waals surface area contributed by atoms with Crippen LogP contribution >= 0.6 is 0 Å². The molecule has 0 aromatic carbocycles. The lowest BCUT2D eigenvalue weighted by Gasteiger charge is -2.47. The molecule has 0 radical (unpaired) electrons. The van der Waals surface area contributed by atoms with Crippen LogP contribution in [0.1, 0.15) is 138 Å². The van der Waals surface area contributed by atoms with E-state index < -0.39 is 101 Å². The van der Waals surface area contributed by atoms with E-state index in [0.717, 1.165) is 37.7 Å². The summed E-state index contributed by atoms with van der Waals surface area (Å²) in [5.74, 6) is -5.02. The fourth-order valence-corrected chi connectivity index (χ4v) is 12.2. The maximum Gasteiger partial charge on any atom is 0.311 e. The van der Waals surface area contributed by atoms with Crippen LogP contribution < -0.4 is 0 Å². The van der Waals surface area contributed by atoms with Gasteiger partial charge in [0.25, 0.3) is 0 Å². The van der Waals surface area contributed by atoms with Crippen LogP contribution in [0.15, 0.2) is 23.8 Å². The van der Waals surface area contributed by atoms with Crippen molar-refractivity contribution in [3.05, 3.63) is 23.8 Å². The van der Waals surface area contributed by atoms with Gasteiger partial charge in [-0.3, -0.25) is 9.59 Å². The van der Waals surface area contributed by atoms with Gasteiger partial charge in [-0.05, 0) is 98.3 Å². The van der Waals surface area contributed by atoms with E-state index in [-0.39, 0.29) is 37.3 Å². The summed E-state index contributed by atoms with van der Waals surface area (Å²) in [6.07, 6.45) is 6.84. The largest absolute Gasteiger partial charge is 0.459 e. The first kappa shape index (κ1) is 43.4. The first-order valence-corrected chi connectivity index (χ1v) is 22.9. The average molecular weight is 845 g/mol. The number of allylic oxidation sites excluding steroid dienone is 3. The zero-order valence-electron chi connectivity index (χ0n) is 36.3. The van der Waals surface area contributed by atoms with Gasteiger partial charge in [-0.15, -0.1) is 0 Å². The smallest absolute Gasteiger partial charge is 0.311 e. The third-order valence-electron chi connectivity index (χ3n) is 15.5. The van der Waals surface area contributed by atoms with Gasteiger partial charge in [0.1, 0.15) is 48.3 Å². The van der Waals surface area contributed by atoms with E-state index in [4.69, 9.17) is 42.6 Å². The predicted molar refractivity (Wildman–Crippen MR) is 213 cm³/mol. The minimum atomic E-state index is -1.93. The van der Waals surface area contributed by atoms with Crippen molar-refractivity contribution in [1.29, 1.82) is 0 Å². The summed E-state index contributed by atoms with van der Waals surface area (Å²) < 4.78 is 58.8. The molecule has 9 aliphatic rings. The molecule has 0 aromatic heterocycles. The van der Waals surface area contributed by atoms with E-state index in [1.54, 1.807) is 13.8 Å². The van der Waals surface area contributed by atoms with Crippen LogP contribution in [0.2, 0.25) is 0 Å². The molecule has 0 aromatic rings. The normalized spacial score (nSPS) is 53.8. The molecular weight excluding hydrogens is 776 g/mol. The van der Waals surface area contributed by atoms with Crippen LogP contribution in [0.5, 0.6) is 0 Å². The van der Waals surface area contributed by atoms with Crippen LogP contribution in [-0.4, -0.2) is 129 Å². The molecule has 60 heavy (non-hydrogen) atoms. The van der Waals surface area contributed by atoms with Crippen molar-refractivity contribution >= 4 is 11.8 Å². The minimum Gasteiger partial charge on any atom is -0.459 e. The summed E-state index contributed by atoms with van der Waals surface area (Å²) in [7, 11) is 0. The Bertz CT molecular complexity index is 1720. The molecular formula is C46H68O14. The Labute approximate surface area is 353 Å². The van der Waals surface area contributed by atoms with Gasteiger partial charge in [-0.2, -0.15) is 0 Å². The van der Waals surface area contributed by atoms with Crippen LogP contribution in [0.25, 0.3) is 0 Å². The highest BCUT2D eigenvalue weighted by Gasteiger charge is 2.65. The number of rotatable bonds is 1. The molecule has 336 valence electrons. The van der Waals surface area contributed by atoms with E-state index in [0.29, 0.717) is 51.4 Å². The SMILES string of the molecule is CC1=C[C@H](C)C[C@]2(C)CC[C@@H](O2)[C@@]23CC[C@@](C)(C[C@H](O2)[C@H]2O[C@](C)(CC2=O)[C@@H](O)[C@@H]2CCC4(CCC[C@H](O4)[C@@H](C)C(=O)O[C@@H]4C[C@@H]([C@@]5(O)OCCC[C@H]5O)O[C@@H]4C=C1)O2)O3. The first-order valence-electron chi connectivity index (χ1n) is 22.9. The quantitative estimate of drug-likeness (QED) is 0.300. The van der Waals surface area contributed by atoms with Gasteiger partial charge in [0, 0.05) is 38.5 Å². The van der Waals surface area contributed by atoms with Gasteiger partial charge in [0.2, 0.25) is 5.79 Å². The van der Waals surface area contributed by atoms with Crippen molar-refractivity contribution < 1.29 is 67.5 Å². The third kappa shape index (κ3) is 7.90. The van der Waals surface area contributed by atoms with Crippen LogP contribution in [0.3, 0.4) is 0 Å². The zero-order chi connectivity index (χ0) is 42.5. The monoisotopic (exact) mass is 844 g/mol. The van der Waals surface area contributed by atoms with Crippen molar-refractivity contribution in [3.8, 4) is 0 Å². The molecule has 8 saturated heterocycles. The molecule has 9 aliphatic heterocycles. The lowest BCUT2D eigenvalue weighted by atomic mass is 9.88. The van der Waals surface area contributed by atoms with Gasteiger partial charge in [0.05, 0.1) is 42.0 Å². The maximum absolute atomic E-state index is 14.0. The van der Waals surface area contributed by atoms with Crippen LogP contribution in [-0.2, 0) is 52.2 Å². The number of hydrogen-bond donors (Lipinski definition) is 3. The number of ether oxygens (including phenoxy) is 9. The number of fused-ring (bicyclic) bond motifs is 10. The Morgan fingerprint density at radius 3 is 2.37 bits per heavy atom. The number of hydrogen-bond acceptors (Lipinski definition) is 14. The van der Waals surface area contributed by atoms with Crippen LogP contribution in [0.4, 0.5) is 0 Å². The van der Waals surface area contributed by atoms with Crippen molar-refractivity contribution in [2.45, 2.75) is 233 Å². The number of carbonyl (C=O) groups is 2. The molecule has 9 heterocycles. The molecule has 0 amide bonds. The molecule has 2 spiro atoms. The number of Topliss-reactive ketones (excluding diaryl/α,β-unsaturated/α-hetero) is 1. The van der Waals surface area contributed by atoms with Gasteiger partial charge >= 0.3 is 5.97 Å². The standard InChI is InChI=1S/C46H68O14/c1-26-11-12-31-33(22-37(53-31)46(51)35(48)10-8-20-52-46)54-40(50)28(3)30-9-7-15-44(55-30)17-13-32(56-44)39(49)43(6)24-29(47)38(59-43)34-25-42(5)18-19-45(57-34,60-42)36-14-16-41(4,58-36)23-27(2)21-26/h11-12,21,27-28,30-39,48-49,51H,7-10,13-20,22-25H2,1-6H3/t27-,28+,30-,31+,32-,33+,34-,35+,36+,37-,38-,39-,41-,42-,43+,44?,45-,46-/m0/s1. The summed E-state index contributed by atoms with van der Waals surface area (Å²) in [4.78, 5) is 27.9. The van der Waals surface area contributed by atoms with Gasteiger partial charge in [0.15, 0.2) is 17.4 Å². The fourth-order valence-electron chi connectivity index (χ4n) is 12.2. The highest BCUT2D eigenvalue weighted by molar-refractivity contribution is 5.86. The zero-order valence-corrected chi connectivity index (χ0v) is 36.3. The Hall–Kier alpha value is -1.82. The van der Waals surface area contributed by atoms with Gasteiger partial charge in [-0.25, -0.2) is 0 Å². The van der Waals surface area contributed by atoms with E-state index >= 15 is 0 Å². The lowest BCUT2D eigenvalue weighted by Crippen LogP contribution is -2.57. The van der Waals surface area contributed by atoms with Gasteiger partial charge in [-0.1, -0.05) is 30.7 Å². The Morgan fingerprint density at radius 1 is 0.767 bits per heavy atom. The number of carbonyl (C=O) groups excluding carboxylic acids is 2. The summed E-state index contributed by atoms with van der Waals surface area (Å²) in [6.45, 7) is 12.3. The lowest BCUT2D eigenvalue weighted by molar-refractivity contribution is -0.359. The number of esters is 1. The summed E-state index contributed by atoms with van der Waals surface area (Å²) in [5.41, 5.74) is -1.16. The number of aliphatic hydroxyl groups excluding tert-OH is 2. The van der Waals surface area contributed by atoms with Crippen LogP contribution in [0, 0.1) is 11.8 Å². The molecule has 8 fully saturated rings. The van der Waals surface area contributed by atoms with Crippen molar-refractivity contribution in [2.24, 2.45) is 11.8 Å². The third-order valence-corrected chi connectivity index (χ3v) is 15.5. The topological polar surface area (TPSA) is 178 Å². The highest BCUT2D eigenvalue weighted by atomic mass is 16.8. The molecule has 9 rings (SSSR count). The fraction of sp³-hybridized carbons (Fsp3) is 0.870. The minimum absolute atomic E-state index is 0.0232. The highest BCUT2D eigenvalue weighted by Crippen LogP contribution is 2.55. The second kappa shape index (κ2) is 15.7. The molecule has 14 heteroatoms. The Balaban J connectivity index is 1.00.